The lowest BCUT2D eigenvalue weighted by Gasteiger charge is -2.39. The van der Waals surface area contributed by atoms with E-state index in [9.17, 15) is 5.11 Å². The second-order valence-corrected chi connectivity index (χ2v) is 16.3. The van der Waals surface area contributed by atoms with E-state index in [-0.39, 0.29) is 37.4 Å². The number of fused-ring (bicyclic) bond motifs is 2. The molecule has 3 aliphatic heterocycles. The van der Waals surface area contributed by atoms with Crippen LogP contribution in [0, 0.1) is 11.8 Å². The molecule has 0 radical (unpaired) electrons. The summed E-state index contributed by atoms with van der Waals surface area (Å²) in [6.45, 7) is 12.6. The number of hydrogen-bond acceptors (Lipinski definition) is 6. The van der Waals surface area contributed by atoms with Gasteiger partial charge in [-0.25, -0.2) is 0 Å². The van der Waals surface area contributed by atoms with Crippen molar-refractivity contribution in [2.75, 3.05) is 36.1 Å². The Morgan fingerprint density at radius 1 is 0.906 bits per heavy atom. The van der Waals surface area contributed by atoms with Gasteiger partial charge in [0.05, 0.1) is 35.8 Å². The van der Waals surface area contributed by atoms with Crippen molar-refractivity contribution < 1.29 is 24.2 Å². The first-order valence-corrected chi connectivity index (χ1v) is 19.2. The van der Waals surface area contributed by atoms with Gasteiger partial charge in [-0.2, -0.15) is 0 Å². The predicted molar refractivity (Wildman–Crippen MR) is 213 cm³/mol. The Morgan fingerprint density at radius 3 is 2.21 bits per heavy atom. The number of amides is 3. The van der Waals surface area contributed by atoms with Gasteiger partial charge in [0.1, 0.15) is 11.8 Å². The fourth-order valence-electron chi connectivity index (χ4n) is 9.00. The largest absolute Gasteiger partial charge is 0.494 e. The lowest BCUT2D eigenvalue weighted by atomic mass is 9.66. The summed E-state index contributed by atoms with van der Waals surface area (Å²) in [6, 6.07) is 29.5. The number of thioether (sulfide) groups is 1. The Hall–Kier alpha value is -4.86. The fraction of sp³-hybridized carbons (Fsp3) is 0.341. The van der Waals surface area contributed by atoms with E-state index in [1.54, 1.807) is 38.6 Å². The molecule has 2 bridgehead atoms. The molecule has 3 saturated heterocycles. The molecule has 1 spiro atoms. The first-order chi connectivity index (χ1) is 25.7. The number of nitrogens with zero attached hydrogens (tertiary/aromatic N) is 3. The Balaban J connectivity index is 1.33. The number of hydrogen-bond donors (Lipinski definition) is 1. The number of benzene rings is 4. The van der Waals surface area contributed by atoms with E-state index in [4.69, 9.17) is 4.74 Å². The molecule has 3 fully saturated rings. The van der Waals surface area contributed by atoms with E-state index < -0.39 is 33.4 Å². The summed E-state index contributed by atoms with van der Waals surface area (Å²) in [5.74, 6) is -1.43. The van der Waals surface area contributed by atoms with E-state index in [0.29, 0.717) is 43.0 Å². The van der Waals surface area contributed by atoms with Crippen LogP contribution in [0.4, 0.5) is 11.4 Å². The van der Waals surface area contributed by atoms with Crippen molar-refractivity contribution >= 4 is 51.6 Å². The van der Waals surface area contributed by atoms with Gasteiger partial charge in [0.15, 0.2) is 0 Å². The van der Waals surface area contributed by atoms with E-state index >= 15 is 14.4 Å². The van der Waals surface area contributed by atoms with Gasteiger partial charge in [-0.15, -0.1) is 24.9 Å². The molecular weight excluding hydrogens is 683 g/mol. The molecule has 2 unspecified atom stereocenters. The maximum Gasteiger partial charge on any atom is 0.251 e. The SMILES string of the molecule is C=CCN(C(=O)C1N([C@@H](CO)Cc2ccccc2)C(=O)[C@@H]2[C@H](C(=O)N(CC=C)c3ccc(OCC)cc3)[C@]3(C)CCC12S3)c1ccc2ccccc2c1. The molecule has 4 aromatic carbocycles. The summed E-state index contributed by atoms with van der Waals surface area (Å²) >= 11 is 1.63. The minimum Gasteiger partial charge on any atom is -0.494 e. The Kier molecular flexibility index (Phi) is 10.2. The molecule has 3 aliphatic rings. The zero-order chi connectivity index (χ0) is 37.3. The van der Waals surface area contributed by atoms with Crippen molar-refractivity contribution in [2.45, 2.75) is 54.7 Å². The molecule has 3 heterocycles. The van der Waals surface area contributed by atoms with Crippen LogP contribution in [0.25, 0.3) is 10.8 Å². The lowest BCUT2D eigenvalue weighted by Crippen LogP contribution is -2.58. The van der Waals surface area contributed by atoms with Crippen LogP contribution in [0.15, 0.2) is 122 Å². The quantitative estimate of drug-likeness (QED) is 0.140. The third-order valence-electron chi connectivity index (χ3n) is 11.3. The number of anilines is 2. The molecule has 7 rings (SSSR count). The van der Waals surface area contributed by atoms with Crippen molar-refractivity contribution in [1.29, 1.82) is 0 Å². The molecule has 3 amide bonds. The van der Waals surface area contributed by atoms with Gasteiger partial charge in [0.2, 0.25) is 11.8 Å². The third kappa shape index (κ3) is 6.33. The number of likely N-dealkylation sites (tertiary alicyclic amines) is 1. The molecule has 6 atom stereocenters. The Labute approximate surface area is 316 Å². The molecule has 1 N–H and O–H groups in total. The van der Waals surface area contributed by atoms with Gasteiger partial charge < -0.3 is 24.5 Å². The molecule has 4 aromatic rings. The van der Waals surface area contributed by atoms with Crippen LogP contribution in [-0.2, 0) is 20.8 Å². The second-order valence-electron chi connectivity index (χ2n) is 14.4. The third-order valence-corrected chi connectivity index (χ3v) is 13.3. The van der Waals surface area contributed by atoms with E-state index in [1.807, 2.05) is 104 Å². The van der Waals surface area contributed by atoms with Crippen LogP contribution in [-0.4, -0.2) is 75.6 Å². The van der Waals surface area contributed by atoms with Crippen LogP contribution in [0.3, 0.4) is 0 Å². The predicted octanol–water partition coefficient (Wildman–Crippen LogP) is 7.06. The monoisotopic (exact) mass is 729 g/mol. The second kappa shape index (κ2) is 14.9. The smallest absolute Gasteiger partial charge is 0.251 e. The first-order valence-electron chi connectivity index (χ1n) is 18.4. The van der Waals surface area contributed by atoms with Gasteiger partial charge in [-0.05, 0) is 85.8 Å². The number of aliphatic hydroxyl groups excluding tert-OH is 1. The van der Waals surface area contributed by atoms with Crippen LogP contribution in [0.2, 0.25) is 0 Å². The van der Waals surface area contributed by atoms with E-state index in [1.165, 1.54) is 0 Å². The summed E-state index contributed by atoms with van der Waals surface area (Å²) in [6.07, 6.45) is 5.02. The zero-order valence-corrected chi connectivity index (χ0v) is 31.2. The number of carbonyl (C=O) groups excluding carboxylic acids is 3. The highest BCUT2D eigenvalue weighted by atomic mass is 32.2. The van der Waals surface area contributed by atoms with Gasteiger partial charge >= 0.3 is 0 Å². The number of ether oxygens (including phenoxy) is 1. The van der Waals surface area contributed by atoms with Crippen molar-refractivity contribution in [2.24, 2.45) is 11.8 Å². The maximum atomic E-state index is 15.4. The summed E-state index contributed by atoms with van der Waals surface area (Å²) in [4.78, 5) is 50.8. The minimum absolute atomic E-state index is 0.168. The molecule has 9 heteroatoms. The topological polar surface area (TPSA) is 90.4 Å². The van der Waals surface area contributed by atoms with Crippen molar-refractivity contribution in [3.05, 3.63) is 128 Å². The minimum atomic E-state index is -0.921. The summed E-state index contributed by atoms with van der Waals surface area (Å²) < 4.78 is 4.18. The highest BCUT2D eigenvalue weighted by molar-refractivity contribution is 8.02. The summed E-state index contributed by atoms with van der Waals surface area (Å²) in [7, 11) is 0. The van der Waals surface area contributed by atoms with Crippen LogP contribution < -0.4 is 14.5 Å². The number of aliphatic hydroxyl groups is 1. The van der Waals surface area contributed by atoms with Crippen molar-refractivity contribution in [3.63, 3.8) is 0 Å². The summed E-state index contributed by atoms with van der Waals surface area (Å²) in [5.41, 5.74) is 2.33. The average molecular weight is 730 g/mol. The first kappa shape index (κ1) is 36.5. The highest BCUT2D eigenvalue weighted by Crippen LogP contribution is 2.72. The fourth-order valence-corrected chi connectivity index (χ4v) is 11.3. The Bertz CT molecular complexity index is 2020. The van der Waals surface area contributed by atoms with Crippen LogP contribution >= 0.6 is 11.8 Å². The van der Waals surface area contributed by atoms with Crippen LogP contribution in [0.5, 0.6) is 5.75 Å². The van der Waals surface area contributed by atoms with Crippen LogP contribution in [0.1, 0.15) is 32.3 Å². The molecule has 0 aromatic heterocycles. The molecule has 8 nitrogen and oxygen atoms in total. The molecule has 0 saturated carbocycles. The lowest BCUT2D eigenvalue weighted by molar-refractivity contribution is -0.142. The zero-order valence-electron chi connectivity index (χ0n) is 30.4. The molecular formula is C44H47N3O5S. The molecule has 274 valence electrons. The van der Waals surface area contributed by atoms with E-state index in [0.717, 1.165) is 16.3 Å². The van der Waals surface area contributed by atoms with Crippen molar-refractivity contribution in [3.8, 4) is 5.75 Å². The van der Waals surface area contributed by atoms with Gasteiger partial charge in [-0.3, -0.25) is 14.4 Å². The summed E-state index contributed by atoms with van der Waals surface area (Å²) in [5, 5.41) is 13.1. The molecule has 0 aliphatic carbocycles. The number of carbonyl (C=O) groups is 3. The maximum absolute atomic E-state index is 15.4. The highest BCUT2D eigenvalue weighted by Gasteiger charge is 2.78. The van der Waals surface area contributed by atoms with Crippen molar-refractivity contribution in [1.82, 2.24) is 4.90 Å². The molecule has 53 heavy (non-hydrogen) atoms. The van der Waals surface area contributed by atoms with E-state index in [2.05, 4.69) is 20.1 Å². The van der Waals surface area contributed by atoms with Gasteiger partial charge in [0.25, 0.3) is 5.91 Å². The average Bonchev–Trinajstić information content (AvgIpc) is 3.75. The standard InChI is InChI=1S/C44H47N3O5S/c1-5-25-45(33-19-21-36(22-20-33)52-7-3)40(49)37-38-41(50)47(35(29-48)27-30-13-9-8-10-14-30)39(44(38)24-23-43(37,4)53-44)42(51)46(26-6-2)34-18-17-31-15-11-12-16-32(31)28-34/h5-6,8-22,28,35,37-39,48H,1-2,7,23-27,29H2,3-4H3/t35-,37-,38+,39?,43+,44?/m1/s1. The number of rotatable bonds is 14. The normalized spacial score (nSPS) is 24.8. The Morgan fingerprint density at radius 2 is 1.55 bits per heavy atom. The van der Waals surface area contributed by atoms with Gasteiger partial charge in [-0.1, -0.05) is 72.8 Å². The van der Waals surface area contributed by atoms with Gasteiger partial charge in [0, 0.05) is 29.2 Å².